The number of fused-ring (bicyclic) bond motifs is 1. The first kappa shape index (κ1) is 18.0. The van der Waals surface area contributed by atoms with Crippen LogP contribution in [-0.4, -0.2) is 33.7 Å². The van der Waals surface area contributed by atoms with Crippen molar-refractivity contribution < 1.29 is 14.3 Å². The molecule has 0 saturated heterocycles. The van der Waals surface area contributed by atoms with Crippen LogP contribution in [0.3, 0.4) is 0 Å². The normalized spacial score (nSPS) is 15.1. The molecule has 0 unspecified atom stereocenters. The molecule has 3 aromatic rings. The van der Waals surface area contributed by atoms with Gasteiger partial charge in [0.05, 0.1) is 19.2 Å². The van der Waals surface area contributed by atoms with E-state index in [4.69, 9.17) is 16.3 Å². The first-order valence-electron chi connectivity index (χ1n) is 8.51. The lowest BCUT2D eigenvalue weighted by atomic mass is 10.2. The van der Waals surface area contributed by atoms with Crippen LogP contribution in [0.4, 0.5) is 11.6 Å². The zero-order valence-electron chi connectivity index (χ0n) is 14.8. The molecule has 0 spiro atoms. The number of amides is 2. The van der Waals surface area contributed by atoms with Crippen LogP contribution in [0.15, 0.2) is 48.5 Å². The summed E-state index contributed by atoms with van der Waals surface area (Å²) in [4.78, 5) is 29.1. The van der Waals surface area contributed by atoms with E-state index in [9.17, 15) is 9.59 Å². The van der Waals surface area contributed by atoms with E-state index in [1.165, 1.54) is 11.8 Å². The maximum absolute atomic E-state index is 12.5. The van der Waals surface area contributed by atoms with Crippen LogP contribution in [0.5, 0.6) is 5.75 Å². The number of carbonyl (C=O) groups excluding carboxylic acids is 2. The molecular weight excluding hydrogens is 382 g/mol. The molecule has 142 valence electrons. The number of methoxy groups -OCH3 is 1. The molecule has 2 heterocycles. The lowest BCUT2D eigenvalue weighted by Crippen LogP contribution is -2.24. The zero-order chi connectivity index (χ0) is 19.7. The quantitative estimate of drug-likeness (QED) is 0.689. The first-order valence-corrected chi connectivity index (χ1v) is 8.89. The molecule has 9 heteroatoms. The van der Waals surface area contributed by atoms with Crippen LogP contribution in [0.1, 0.15) is 12.5 Å². The number of rotatable bonds is 5. The van der Waals surface area contributed by atoms with Crippen LogP contribution in [0.25, 0.3) is 11.4 Å². The molecule has 0 saturated carbocycles. The highest BCUT2D eigenvalue weighted by atomic mass is 35.5. The molecule has 1 aliphatic rings. The fourth-order valence-electron chi connectivity index (χ4n) is 2.96. The summed E-state index contributed by atoms with van der Waals surface area (Å²) in [6.07, 6.45) is -0.0830. The highest BCUT2D eigenvalue weighted by Crippen LogP contribution is 2.30. The predicted octanol–water partition coefficient (Wildman–Crippen LogP) is 3.13. The number of hydrogen-bond donors (Lipinski definition) is 2. The smallest absolute Gasteiger partial charge is 0.252 e. The van der Waals surface area contributed by atoms with Crippen molar-refractivity contribution >= 4 is 35.1 Å². The maximum atomic E-state index is 12.5. The van der Waals surface area contributed by atoms with Gasteiger partial charge in [0.1, 0.15) is 11.8 Å². The summed E-state index contributed by atoms with van der Waals surface area (Å²) < 4.78 is 6.66. The van der Waals surface area contributed by atoms with Crippen LogP contribution in [0, 0.1) is 0 Å². The van der Waals surface area contributed by atoms with E-state index >= 15 is 0 Å². The minimum atomic E-state index is -0.779. The summed E-state index contributed by atoms with van der Waals surface area (Å²) in [5.74, 6) is 0.638. The molecular formula is C19H16ClN5O3. The van der Waals surface area contributed by atoms with Gasteiger partial charge in [-0.3, -0.25) is 14.9 Å². The molecule has 2 N–H and O–H groups in total. The van der Waals surface area contributed by atoms with Crippen molar-refractivity contribution in [1.29, 1.82) is 0 Å². The number of halogens is 1. The third-order valence-corrected chi connectivity index (χ3v) is 4.58. The van der Waals surface area contributed by atoms with Gasteiger partial charge in [-0.25, -0.2) is 4.68 Å². The van der Waals surface area contributed by atoms with Crippen LogP contribution in [-0.2, 0) is 9.59 Å². The molecule has 1 aliphatic heterocycles. The molecule has 0 bridgehead atoms. The number of carbonyl (C=O) groups is 2. The average Bonchev–Trinajstić information content (AvgIpc) is 3.21. The predicted molar refractivity (Wildman–Crippen MR) is 104 cm³/mol. The molecule has 2 amide bonds. The third-order valence-electron chi connectivity index (χ3n) is 4.33. The Morgan fingerprint density at radius 2 is 2.00 bits per heavy atom. The van der Waals surface area contributed by atoms with E-state index in [2.05, 4.69) is 20.7 Å². The highest BCUT2D eigenvalue weighted by Gasteiger charge is 2.35. The number of nitrogens with one attached hydrogen (secondary N) is 2. The number of hydrogen-bond acceptors (Lipinski definition) is 5. The van der Waals surface area contributed by atoms with Gasteiger partial charge in [-0.15, -0.1) is 5.10 Å². The van der Waals surface area contributed by atoms with Gasteiger partial charge in [-0.05, 0) is 36.4 Å². The van der Waals surface area contributed by atoms with Crippen molar-refractivity contribution in [1.82, 2.24) is 14.8 Å². The molecule has 1 aromatic heterocycles. The molecule has 0 radical (unpaired) electrons. The summed E-state index contributed by atoms with van der Waals surface area (Å²) in [6, 6.07) is 13.3. The fraction of sp³-hybridized carbons (Fsp3) is 0.158. The number of ether oxygens (including phenoxy) is 1. The van der Waals surface area contributed by atoms with Crippen molar-refractivity contribution in [3.8, 4) is 17.1 Å². The van der Waals surface area contributed by atoms with E-state index in [0.717, 1.165) is 5.56 Å². The number of aromatic nitrogens is 3. The number of nitrogens with zero attached hydrogens (tertiary/aromatic N) is 3. The summed E-state index contributed by atoms with van der Waals surface area (Å²) >= 11 is 5.91. The van der Waals surface area contributed by atoms with E-state index in [1.807, 2.05) is 0 Å². The lowest BCUT2D eigenvalue weighted by Gasteiger charge is -2.12. The molecule has 0 fully saturated rings. The van der Waals surface area contributed by atoms with E-state index in [1.54, 1.807) is 48.5 Å². The third kappa shape index (κ3) is 3.41. The Bertz CT molecular complexity index is 1050. The highest BCUT2D eigenvalue weighted by molar-refractivity contribution is 6.30. The minimum absolute atomic E-state index is 0.0830. The second-order valence-electron chi connectivity index (χ2n) is 6.17. The van der Waals surface area contributed by atoms with Crippen molar-refractivity contribution in [2.75, 3.05) is 17.7 Å². The van der Waals surface area contributed by atoms with Gasteiger partial charge in [0.25, 0.3) is 5.91 Å². The van der Waals surface area contributed by atoms with Crippen LogP contribution in [0.2, 0.25) is 5.02 Å². The standard InChI is InChI=1S/C19H16ClN5O3/c1-28-15-5-3-2-4-13(15)21-16(26)10-14-18(27)23-19-22-17(24-25(14)19)11-6-8-12(20)9-7-11/h2-9,14H,10H2,1H3,(H,21,26)(H,22,23,24,27)/t14-/m0/s1. The van der Waals surface area contributed by atoms with Gasteiger partial charge in [0, 0.05) is 10.6 Å². The van der Waals surface area contributed by atoms with Gasteiger partial charge in [-0.1, -0.05) is 23.7 Å². The topological polar surface area (TPSA) is 98.1 Å². The number of anilines is 2. The Hall–Kier alpha value is -3.39. The zero-order valence-corrected chi connectivity index (χ0v) is 15.6. The Morgan fingerprint density at radius 1 is 1.25 bits per heavy atom. The molecule has 8 nitrogen and oxygen atoms in total. The molecule has 0 aliphatic carbocycles. The van der Waals surface area contributed by atoms with Gasteiger partial charge in [0.15, 0.2) is 5.82 Å². The minimum Gasteiger partial charge on any atom is -0.495 e. The van der Waals surface area contributed by atoms with E-state index < -0.39 is 6.04 Å². The molecule has 4 rings (SSSR count). The Labute approximate surface area is 165 Å². The monoisotopic (exact) mass is 397 g/mol. The maximum Gasteiger partial charge on any atom is 0.252 e. The second kappa shape index (κ2) is 7.32. The van der Waals surface area contributed by atoms with Crippen molar-refractivity contribution in [2.24, 2.45) is 0 Å². The van der Waals surface area contributed by atoms with Gasteiger partial charge >= 0.3 is 0 Å². The largest absolute Gasteiger partial charge is 0.495 e. The van der Waals surface area contributed by atoms with Gasteiger partial charge in [0.2, 0.25) is 11.9 Å². The summed E-state index contributed by atoms with van der Waals surface area (Å²) in [7, 11) is 1.52. The Morgan fingerprint density at radius 3 is 2.75 bits per heavy atom. The van der Waals surface area contributed by atoms with Crippen molar-refractivity contribution in [3.05, 3.63) is 53.6 Å². The fourth-order valence-corrected chi connectivity index (χ4v) is 3.08. The number of para-hydroxylation sites is 2. The SMILES string of the molecule is COc1ccccc1NC(=O)C[C@H]1C(=O)Nc2nc(-c3ccc(Cl)cc3)nn21. The van der Waals surface area contributed by atoms with Gasteiger partial charge in [-0.2, -0.15) is 4.98 Å². The van der Waals surface area contributed by atoms with Gasteiger partial charge < -0.3 is 10.1 Å². The average molecular weight is 398 g/mol. The van der Waals surface area contributed by atoms with Crippen LogP contribution < -0.4 is 15.4 Å². The molecule has 1 atom stereocenters. The van der Waals surface area contributed by atoms with E-state index in [-0.39, 0.29) is 18.2 Å². The van der Waals surface area contributed by atoms with Crippen molar-refractivity contribution in [2.45, 2.75) is 12.5 Å². The first-order chi connectivity index (χ1) is 13.5. The summed E-state index contributed by atoms with van der Waals surface area (Å²) in [5, 5.41) is 10.4. The second-order valence-corrected chi connectivity index (χ2v) is 6.60. The molecule has 28 heavy (non-hydrogen) atoms. The summed E-state index contributed by atoms with van der Waals surface area (Å²) in [6.45, 7) is 0. The lowest BCUT2D eigenvalue weighted by molar-refractivity contribution is -0.123. The van der Waals surface area contributed by atoms with Crippen molar-refractivity contribution in [3.63, 3.8) is 0 Å². The number of benzene rings is 2. The van der Waals surface area contributed by atoms with Crippen LogP contribution >= 0.6 is 11.6 Å². The molecule has 2 aromatic carbocycles. The Balaban J connectivity index is 1.52. The van der Waals surface area contributed by atoms with E-state index in [0.29, 0.717) is 28.2 Å². The Kier molecular flexibility index (Phi) is 4.70. The summed E-state index contributed by atoms with van der Waals surface area (Å²) in [5.41, 5.74) is 1.30.